The first-order valence-corrected chi connectivity index (χ1v) is 3.15. The van der Waals surface area contributed by atoms with E-state index in [9.17, 15) is 0 Å². The molecule has 1 saturated heterocycles. The Morgan fingerprint density at radius 2 is 1.88 bits per heavy atom. The fourth-order valence-electron chi connectivity index (χ4n) is 0.775. The Kier molecular flexibility index (Phi) is 1.29. The molecule has 48 valence electrons. The van der Waals surface area contributed by atoms with Crippen molar-refractivity contribution in [3.8, 4) is 0 Å². The first kappa shape index (κ1) is 6.05. The van der Waals surface area contributed by atoms with Gasteiger partial charge in [0.15, 0.2) is 0 Å². The van der Waals surface area contributed by atoms with Gasteiger partial charge in [-0.2, -0.15) is 0 Å². The van der Waals surface area contributed by atoms with Crippen molar-refractivity contribution in [2.75, 3.05) is 6.67 Å². The maximum Gasteiger partial charge on any atom is 0.0701 e. The first-order valence-electron chi connectivity index (χ1n) is 3.15. The van der Waals surface area contributed by atoms with Crippen LogP contribution in [0.2, 0.25) is 0 Å². The van der Waals surface area contributed by atoms with Gasteiger partial charge in [-0.25, -0.2) is 0 Å². The summed E-state index contributed by atoms with van der Waals surface area (Å²) in [7, 11) is 0. The minimum absolute atomic E-state index is 0.222. The predicted octanol–water partition coefficient (Wildman–Crippen LogP) is 0.509. The van der Waals surface area contributed by atoms with E-state index in [0.29, 0.717) is 5.92 Å². The molecule has 0 aromatic heterocycles. The zero-order valence-electron chi connectivity index (χ0n) is 5.78. The first-order chi connectivity index (χ1) is 3.65. The summed E-state index contributed by atoms with van der Waals surface area (Å²) in [5.41, 5.74) is 0.222. The van der Waals surface area contributed by atoms with Gasteiger partial charge in [0.25, 0.3) is 0 Å². The van der Waals surface area contributed by atoms with Crippen LogP contribution < -0.4 is 10.6 Å². The van der Waals surface area contributed by atoms with Crippen LogP contribution in [0.4, 0.5) is 0 Å². The molecule has 0 aromatic carbocycles. The summed E-state index contributed by atoms with van der Waals surface area (Å²) in [6.45, 7) is 7.56. The van der Waals surface area contributed by atoms with Gasteiger partial charge < -0.3 is 0 Å². The summed E-state index contributed by atoms with van der Waals surface area (Å²) in [5, 5.41) is 6.62. The third kappa shape index (κ3) is 0.740. The average molecular weight is 114 g/mol. The van der Waals surface area contributed by atoms with E-state index in [0.717, 1.165) is 6.67 Å². The summed E-state index contributed by atoms with van der Waals surface area (Å²) in [6, 6.07) is 0. The Bertz CT molecular complexity index is 84.5. The summed E-state index contributed by atoms with van der Waals surface area (Å²) >= 11 is 0. The lowest BCUT2D eigenvalue weighted by atomic mass is 9.96. The van der Waals surface area contributed by atoms with Crippen molar-refractivity contribution in [2.45, 2.75) is 26.4 Å². The minimum atomic E-state index is 0.222. The zero-order valence-corrected chi connectivity index (χ0v) is 5.78. The lowest BCUT2D eigenvalue weighted by molar-refractivity contribution is 0.111. The quantitative estimate of drug-likeness (QED) is 0.519. The molecule has 0 spiro atoms. The summed E-state index contributed by atoms with van der Waals surface area (Å²) < 4.78 is 0. The molecule has 0 radical (unpaired) electrons. The highest BCUT2D eigenvalue weighted by atomic mass is 15.4. The smallest absolute Gasteiger partial charge is 0.0701 e. The molecule has 2 N–H and O–H groups in total. The Labute approximate surface area is 50.7 Å². The van der Waals surface area contributed by atoms with Crippen LogP contribution in [0.25, 0.3) is 0 Å². The highest BCUT2D eigenvalue weighted by Crippen LogP contribution is 2.16. The summed E-state index contributed by atoms with van der Waals surface area (Å²) in [6.07, 6.45) is 0. The summed E-state index contributed by atoms with van der Waals surface area (Å²) in [4.78, 5) is 0. The van der Waals surface area contributed by atoms with Gasteiger partial charge in [0.05, 0.1) is 5.66 Å². The standard InChI is InChI=1S/C6H14N2/c1-5(2)6(3)7-4-8-6/h5,7-8H,4H2,1-3H3. The molecule has 1 heterocycles. The van der Waals surface area contributed by atoms with E-state index in [2.05, 4.69) is 31.4 Å². The largest absolute Gasteiger partial charge is 0.287 e. The monoisotopic (exact) mass is 114 g/mol. The third-order valence-electron chi connectivity index (χ3n) is 2.07. The van der Waals surface area contributed by atoms with Crippen molar-refractivity contribution in [1.29, 1.82) is 0 Å². The van der Waals surface area contributed by atoms with Crippen LogP contribution >= 0.6 is 0 Å². The average Bonchev–Trinajstić information content (AvgIpc) is 1.60. The molecule has 0 aliphatic carbocycles. The molecule has 1 aliphatic heterocycles. The molecule has 0 amide bonds. The van der Waals surface area contributed by atoms with Gasteiger partial charge in [-0.3, -0.25) is 10.6 Å². The van der Waals surface area contributed by atoms with E-state index in [1.807, 2.05) is 0 Å². The van der Waals surface area contributed by atoms with E-state index in [4.69, 9.17) is 0 Å². The van der Waals surface area contributed by atoms with Crippen molar-refractivity contribution in [2.24, 2.45) is 5.92 Å². The molecule has 2 heteroatoms. The maximum atomic E-state index is 3.31. The Hall–Kier alpha value is -0.0800. The second-order valence-electron chi connectivity index (χ2n) is 2.89. The molecule has 0 bridgehead atoms. The molecule has 1 rings (SSSR count). The van der Waals surface area contributed by atoms with Gasteiger partial charge in [-0.15, -0.1) is 0 Å². The second-order valence-corrected chi connectivity index (χ2v) is 2.89. The van der Waals surface area contributed by atoms with Crippen molar-refractivity contribution < 1.29 is 0 Å². The van der Waals surface area contributed by atoms with Crippen LogP contribution in [0, 0.1) is 5.92 Å². The van der Waals surface area contributed by atoms with E-state index in [-0.39, 0.29) is 5.66 Å². The number of hydrogen-bond donors (Lipinski definition) is 2. The summed E-state index contributed by atoms with van der Waals surface area (Å²) in [5.74, 6) is 0.677. The molecular weight excluding hydrogens is 100 g/mol. The third-order valence-corrected chi connectivity index (χ3v) is 2.07. The number of nitrogens with one attached hydrogen (secondary N) is 2. The Balaban J connectivity index is 2.41. The minimum Gasteiger partial charge on any atom is -0.287 e. The van der Waals surface area contributed by atoms with Crippen molar-refractivity contribution in [3.63, 3.8) is 0 Å². The second kappa shape index (κ2) is 1.71. The van der Waals surface area contributed by atoms with Crippen LogP contribution in [0.1, 0.15) is 20.8 Å². The molecule has 0 saturated carbocycles. The maximum absolute atomic E-state index is 3.31. The highest BCUT2D eigenvalue weighted by Gasteiger charge is 2.32. The Morgan fingerprint density at radius 3 is 1.88 bits per heavy atom. The van der Waals surface area contributed by atoms with Gasteiger partial charge in [0.1, 0.15) is 0 Å². The van der Waals surface area contributed by atoms with E-state index < -0.39 is 0 Å². The SMILES string of the molecule is CC(C)C1(C)NCN1. The van der Waals surface area contributed by atoms with Crippen molar-refractivity contribution >= 4 is 0 Å². The Morgan fingerprint density at radius 1 is 1.38 bits per heavy atom. The number of rotatable bonds is 1. The lowest BCUT2D eigenvalue weighted by Crippen LogP contribution is -2.71. The zero-order chi connectivity index (χ0) is 6.20. The van der Waals surface area contributed by atoms with Crippen LogP contribution in [0.3, 0.4) is 0 Å². The number of hydrogen-bond acceptors (Lipinski definition) is 2. The topological polar surface area (TPSA) is 24.1 Å². The van der Waals surface area contributed by atoms with Crippen LogP contribution in [0.5, 0.6) is 0 Å². The van der Waals surface area contributed by atoms with Crippen LogP contribution in [-0.4, -0.2) is 12.3 Å². The molecule has 8 heavy (non-hydrogen) atoms. The van der Waals surface area contributed by atoms with Crippen LogP contribution in [-0.2, 0) is 0 Å². The van der Waals surface area contributed by atoms with E-state index in [1.165, 1.54) is 0 Å². The highest BCUT2D eigenvalue weighted by molar-refractivity contribution is 4.89. The van der Waals surface area contributed by atoms with Crippen molar-refractivity contribution in [1.82, 2.24) is 10.6 Å². The van der Waals surface area contributed by atoms with E-state index >= 15 is 0 Å². The van der Waals surface area contributed by atoms with Gasteiger partial charge in [0.2, 0.25) is 0 Å². The van der Waals surface area contributed by atoms with Gasteiger partial charge in [-0.05, 0) is 12.8 Å². The predicted molar refractivity (Wildman–Crippen MR) is 34.4 cm³/mol. The van der Waals surface area contributed by atoms with Gasteiger partial charge >= 0.3 is 0 Å². The van der Waals surface area contributed by atoms with Crippen LogP contribution in [0.15, 0.2) is 0 Å². The molecule has 0 atom stereocenters. The molecule has 0 aromatic rings. The lowest BCUT2D eigenvalue weighted by Gasteiger charge is -2.44. The molecule has 2 nitrogen and oxygen atoms in total. The molecule has 1 aliphatic rings. The molecular formula is C6H14N2. The molecule has 1 fully saturated rings. The fourth-order valence-corrected chi connectivity index (χ4v) is 0.775. The fraction of sp³-hybridized carbons (Fsp3) is 1.00. The van der Waals surface area contributed by atoms with Crippen molar-refractivity contribution in [3.05, 3.63) is 0 Å². The van der Waals surface area contributed by atoms with Gasteiger partial charge in [0, 0.05) is 6.67 Å². The van der Waals surface area contributed by atoms with E-state index in [1.54, 1.807) is 0 Å². The normalized spacial score (nSPS) is 25.5. The molecule has 0 unspecified atom stereocenters. The van der Waals surface area contributed by atoms with Gasteiger partial charge in [-0.1, -0.05) is 13.8 Å².